The van der Waals surface area contributed by atoms with Crippen LogP contribution in [-0.4, -0.2) is 35.4 Å². The summed E-state index contributed by atoms with van der Waals surface area (Å²) < 4.78 is 0. The van der Waals surface area contributed by atoms with Crippen LogP contribution < -0.4 is 5.73 Å². The SMILES string of the molecule is Cc1cncc(C(=O)N2CCC(C)(CN)C2)c1.Cl.Cl. The number of carbonyl (C=O) groups is 1. The lowest BCUT2D eigenvalue weighted by Crippen LogP contribution is -2.34. The number of nitrogens with two attached hydrogens (primary N) is 1. The van der Waals surface area contributed by atoms with Crippen LogP contribution in [0.4, 0.5) is 0 Å². The molecule has 0 spiro atoms. The zero-order valence-electron chi connectivity index (χ0n) is 11.3. The third-order valence-electron chi connectivity index (χ3n) is 3.46. The maximum atomic E-state index is 12.2. The summed E-state index contributed by atoms with van der Waals surface area (Å²) in [4.78, 5) is 18.2. The van der Waals surface area contributed by atoms with Crippen molar-refractivity contribution in [2.75, 3.05) is 19.6 Å². The number of hydrogen-bond donors (Lipinski definition) is 1. The second-order valence-electron chi connectivity index (χ2n) is 5.24. The number of aryl methyl sites for hydroxylation is 1. The van der Waals surface area contributed by atoms with Crippen LogP contribution in [0.15, 0.2) is 18.5 Å². The van der Waals surface area contributed by atoms with Gasteiger partial charge in [-0.1, -0.05) is 6.92 Å². The highest BCUT2D eigenvalue weighted by Gasteiger charge is 2.35. The van der Waals surface area contributed by atoms with E-state index in [1.165, 1.54) is 0 Å². The summed E-state index contributed by atoms with van der Waals surface area (Å²) in [7, 11) is 0. The lowest BCUT2D eigenvalue weighted by Gasteiger charge is -2.22. The van der Waals surface area contributed by atoms with E-state index in [2.05, 4.69) is 11.9 Å². The number of aromatic nitrogens is 1. The van der Waals surface area contributed by atoms with Crippen molar-refractivity contribution in [3.8, 4) is 0 Å². The van der Waals surface area contributed by atoms with E-state index in [1.807, 2.05) is 17.9 Å². The molecule has 4 nitrogen and oxygen atoms in total. The Balaban J connectivity index is 0.00000162. The Bertz CT molecular complexity index is 442. The largest absolute Gasteiger partial charge is 0.338 e. The molecule has 0 aromatic carbocycles. The molecule has 0 aliphatic carbocycles. The fourth-order valence-corrected chi connectivity index (χ4v) is 2.22. The summed E-state index contributed by atoms with van der Waals surface area (Å²) in [5, 5.41) is 0. The van der Waals surface area contributed by atoms with E-state index in [0.29, 0.717) is 12.1 Å². The Morgan fingerprint density at radius 2 is 2.16 bits per heavy atom. The summed E-state index contributed by atoms with van der Waals surface area (Å²) in [5.74, 6) is 0.0679. The third-order valence-corrected chi connectivity index (χ3v) is 3.46. The van der Waals surface area contributed by atoms with E-state index in [1.54, 1.807) is 12.4 Å². The van der Waals surface area contributed by atoms with Crippen molar-refractivity contribution < 1.29 is 4.79 Å². The lowest BCUT2D eigenvalue weighted by molar-refractivity contribution is 0.0776. The van der Waals surface area contributed by atoms with E-state index in [9.17, 15) is 4.79 Å². The Morgan fingerprint density at radius 3 is 2.68 bits per heavy atom. The molecule has 1 aromatic rings. The molecular weight excluding hydrogens is 285 g/mol. The first-order chi connectivity index (χ1) is 8.04. The van der Waals surface area contributed by atoms with Gasteiger partial charge in [-0.15, -0.1) is 24.8 Å². The average Bonchev–Trinajstić information content (AvgIpc) is 2.72. The average molecular weight is 306 g/mol. The second kappa shape index (κ2) is 7.08. The number of amides is 1. The van der Waals surface area contributed by atoms with Crippen LogP contribution in [0.25, 0.3) is 0 Å². The predicted octanol–water partition coefficient (Wildman–Crippen LogP) is 2.04. The third kappa shape index (κ3) is 4.06. The molecule has 1 amide bonds. The van der Waals surface area contributed by atoms with E-state index in [0.717, 1.165) is 25.1 Å². The Hall–Kier alpha value is -0.840. The van der Waals surface area contributed by atoms with Gasteiger partial charge in [0.2, 0.25) is 0 Å². The van der Waals surface area contributed by atoms with Crippen molar-refractivity contribution in [3.63, 3.8) is 0 Å². The van der Waals surface area contributed by atoms with Gasteiger partial charge in [0.25, 0.3) is 5.91 Å². The van der Waals surface area contributed by atoms with Gasteiger partial charge in [-0.2, -0.15) is 0 Å². The molecule has 2 rings (SSSR count). The van der Waals surface area contributed by atoms with Crippen molar-refractivity contribution in [2.24, 2.45) is 11.1 Å². The Kier molecular flexibility index (Phi) is 6.77. The number of pyridine rings is 1. The summed E-state index contributed by atoms with van der Waals surface area (Å²) >= 11 is 0. The molecular formula is C13H21Cl2N3O. The van der Waals surface area contributed by atoms with Crippen molar-refractivity contribution in [2.45, 2.75) is 20.3 Å². The van der Waals surface area contributed by atoms with Gasteiger partial charge in [0, 0.05) is 25.5 Å². The lowest BCUT2D eigenvalue weighted by atomic mass is 9.90. The molecule has 2 N–H and O–H groups in total. The molecule has 1 unspecified atom stereocenters. The van der Waals surface area contributed by atoms with Gasteiger partial charge in [0.15, 0.2) is 0 Å². The zero-order chi connectivity index (χ0) is 12.5. The van der Waals surface area contributed by atoms with Crippen LogP contribution in [0.3, 0.4) is 0 Å². The first kappa shape index (κ1) is 18.2. The standard InChI is InChI=1S/C13H19N3O.2ClH/c1-10-5-11(7-15-6-10)12(17)16-4-3-13(2,8-14)9-16;;/h5-7H,3-4,8-9,14H2,1-2H3;2*1H. The number of nitrogens with zero attached hydrogens (tertiary/aromatic N) is 2. The number of carbonyl (C=O) groups excluding carboxylic acids is 1. The molecule has 1 saturated heterocycles. The maximum absolute atomic E-state index is 12.2. The highest BCUT2D eigenvalue weighted by Crippen LogP contribution is 2.29. The Labute approximate surface area is 126 Å². The molecule has 19 heavy (non-hydrogen) atoms. The molecule has 0 bridgehead atoms. The van der Waals surface area contributed by atoms with Crippen molar-refractivity contribution in [1.29, 1.82) is 0 Å². The van der Waals surface area contributed by atoms with E-state index < -0.39 is 0 Å². The highest BCUT2D eigenvalue weighted by molar-refractivity contribution is 5.94. The minimum Gasteiger partial charge on any atom is -0.338 e. The smallest absolute Gasteiger partial charge is 0.255 e. The van der Waals surface area contributed by atoms with Gasteiger partial charge in [0.05, 0.1) is 5.56 Å². The molecule has 6 heteroatoms. The van der Waals surface area contributed by atoms with Crippen molar-refractivity contribution in [3.05, 3.63) is 29.6 Å². The minimum atomic E-state index is 0. The number of hydrogen-bond acceptors (Lipinski definition) is 3. The first-order valence-corrected chi connectivity index (χ1v) is 5.95. The topological polar surface area (TPSA) is 59.2 Å². The van der Waals surface area contributed by atoms with Crippen LogP contribution in [0, 0.1) is 12.3 Å². The second-order valence-corrected chi connectivity index (χ2v) is 5.24. The summed E-state index contributed by atoms with van der Waals surface area (Å²) in [6, 6.07) is 1.88. The Morgan fingerprint density at radius 1 is 1.47 bits per heavy atom. The molecule has 1 aliphatic rings. The van der Waals surface area contributed by atoms with Gasteiger partial charge < -0.3 is 10.6 Å². The fraction of sp³-hybridized carbons (Fsp3) is 0.538. The van der Waals surface area contributed by atoms with Gasteiger partial charge in [0.1, 0.15) is 0 Å². The first-order valence-electron chi connectivity index (χ1n) is 5.95. The van der Waals surface area contributed by atoms with Crippen LogP contribution in [0.1, 0.15) is 29.3 Å². The fourth-order valence-electron chi connectivity index (χ4n) is 2.22. The molecule has 1 aliphatic heterocycles. The molecule has 2 heterocycles. The molecule has 1 fully saturated rings. The summed E-state index contributed by atoms with van der Waals surface area (Å²) in [6.07, 6.45) is 4.37. The van der Waals surface area contributed by atoms with E-state index in [4.69, 9.17) is 5.73 Å². The number of halogens is 2. The van der Waals surface area contributed by atoms with Crippen LogP contribution in [-0.2, 0) is 0 Å². The van der Waals surface area contributed by atoms with Gasteiger partial charge in [-0.3, -0.25) is 9.78 Å². The van der Waals surface area contributed by atoms with Crippen LogP contribution in [0.2, 0.25) is 0 Å². The van der Waals surface area contributed by atoms with Crippen molar-refractivity contribution >= 4 is 30.7 Å². The van der Waals surface area contributed by atoms with Gasteiger partial charge in [-0.25, -0.2) is 0 Å². The molecule has 1 atom stereocenters. The predicted molar refractivity (Wildman–Crippen MR) is 81.2 cm³/mol. The van der Waals surface area contributed by atoms with Crippen LogP contribution >= 0.6 is 24.8 Å². The molecule has 108 valence electrons. The van der Waals surface area contributed by atoms with E-state index in [-0.39, 0.29) is 36.1 Å². The number of rotatable bonds is 2. The van der Waals surface area contributed by atoms with Gasteiger partial charge >= 0.3 is 0 Å². The monoisotopic (exact) mass is 305 g/mol. The quantitative estimate of drug-likeness (QED) is 0.909. The van der Waals surface area contributed by atoms with Gasteiger partial charge in [-0.05, 0) is 36.9 Å². The van der Waals surface area contributed by atoms with Crippen molar-refractivity contribution in [1.82, 2.24) is 9.88 Å². The molecule has 1 aromatic heterocycles. The number of likely N-dealkylation sites (tertiary alicyclic amines) is 1. The zero-order valence-corrected chi connectivity index (χ0v) is 12.9. The molecule has 0 saturated carbocycles. The maximum Gasteiger partial charge on any atom is 0.255 e. The highest BCUT2D eigenvalue weighted by atomic mass is 35.5. The summed E-state index contributed by atoms with van der Waals surface area (Å²) in [6.45, 7) is 6.24. The van der Waals surface area contributed by atoms with E-state index >= 15 is 0 Å². The van der Waals surface area contributed by atoms with Crippen LogP contribution in [0.5, 0.6) is 0 Å². The minimum absolute atomic E-state index is 0. The normalized spacial score (nSPS) is 21.5. The summed E-state index contributed by atoms with van der Waals surface area (Å²) in [5.41, 5.74) is 7.50. The molecule has 0 radical (unpaired) electrons.